The summed E-state index contributed by atoms with van der Waals surface area (Å²) in [6.45, 7) is 0.00625. The van der Waals surface area contributed by atoms with Crippen LogP contribution in [0.4, 0.5) is 0 Å². The van der Waals surface area contributed by atoms with E-state index < -0.39 is 26.9 Å². The van der Waals surface area contributed by atoms with Gasteiger partial charge in [-0.3, -0.25) is 4.79 Å². The van der Waals surface area contributed by atoms with Crippen molar-refractivity contribution >= 4 is 38.9 Å². The average Bonchev–Trinajstić information content (AvgIpc) is 3.12. The van der Waals surface area contributed by atoms with Crippen LogP contribution in [0.5, 0.6) is 0 Å². The zero-order chi connectivity index (χ0) is 21.6. The minimum atomic E-state index is -4.08. The molecule has 1 aliphatic rings. The molecular formula is C21H19ClN2O4S2. The molecule has 0 spiro atoms. The molecule has 4 N–H and O–H groups in total. The fraction of sp³-hybridized carbons (Fsp3) is 0.190. The molecule has 0 radical (unpaired) electrons. The fourth-order valence-electron chi connectivity index (χ4n) is 3.85. The van der Waals surface area contributed by atoms with Gasteiger partial charge in [0.05, 0.1) is 0 Å². The summed E-state index contributed by atoms with van der Waals surface area (Å²) >= 11 is 6.97. The maximum absolute atomic E-state index is 13.1. The van der Waals surface area contributed by atoms with Gasteiger partial charge >= 0.3 is 5.97 Å². The van der Waals surface area contributed by atoms with Crippen LogP contribution in [0.25, 0.3) is 10.4 Å². The first-order valence-corrected chi connectivity index (χ1v) is 11.8. The molecule has 2 atom stereocenters. The van der Waals surface area contributed by atoms with Gasteiger partial charge in [0.15, 0.2) is 0 Å². The lowest BCUT2D eigenvalue weighted by molar-refractivity contribution is -0.140. The van der Waals surface area contributed by atoms with Gasteiger partial charge in [0.2, 0.25) is 0 Å². The van der Waals surface area contributed by atoms with E-state index in [1.807, 2.05) is 6.07 Å². The van der Waals surface area contributed by atoms with E-state index in [1.165, 1.54) is 6.07 Å². The Kier molecular flexibility index (Phi) is 5.24. The Morgan fingerprint density at radius 3 is 2.37 bits per heavy atom. The van der Waals surface area contributed by atoms with Crippen molar-refractivity contribution in [2.24, 2.45) is 5.73 Å². The number of carbonyl (C=O) groups is 1. The number of halogens is 1. The number of hydrogen-bond acceptors (Lipinski definition) is 5. The Balaban J connectivity index is 1.67. The zero-order valence-electron chi connectivity index (χ0n) is 15.7. The van der Waals surface area contributed by atoms with Crippen LogP contribution >= 0.6 is 22.9 Å². The Bertz CT molecular complexity index is 1200. The molecule has 2 aromatic carbocycles. The van der Waals surface area contributed by atoms with Gasteiger partial charge in [-0.15, -0.1) is 11.3 Å². The molecule has 3 aromatic rings. The molecule has 30 heavy (non-hydrogen) atoms. The highest BCUT2D eigenvalue weighted by Crippen LogP contribution is 2.58. The molecule has 9 heteroatoms. The van der Waals surface area contributed by atoms with E-state index in [-0.39, 0.29) is 17.2 Å². The first-order valence-electron chi connectivity index (χ1n) is 9.13. The molecule has 4 rings (SSSR count). The van der Waals surface area contributed by atoms with Crippen LogP contribution in [-0.4, -0.2) is 31.6 Å². The summed E-state index contributed by atoms with van der Waals surface area (Å²) in [5.74, 6) is -1.24. The van der Waals surface area contributed by atoms with E-state index >= 15 is 0 Å². The Morgan fingerprint density at radius 1 is 1.10 bits per heavy atom. The first-order chi connectivity index (χ1) is 14.2. The second kappa shape index (κ2) is 7.47. The molecule has 0 saturated heterocycles. The average molecular weight is 463 g/mol. The number of carboxylic acid groups (broad SMARTS) is 1. The number of hydrogen-bond donors (Lipinski definition) is 3. The molecule has 1 heterocycles. The molecule has 1 aliphatic carbocycles. The van der Waals surface area contributed by atoms with E-state index in [1.54, 1.807) is 54.6 Å². The van der Waals surface area contributed by atoms with E-state index in [0.29, 0.717) is 10.6 Å². The van der Waals surface area contributed by atoms with Gasteiger partial charge in [-0.2, -0.15) is 4.72 Å². The third-order valence-electron chi connectivity index (χ3n) is 5.58. The number of rotatable bonds is 7. The fourth-order valence-corrected chi connectivity index (χ4v) is 6.71. The van der Waals surface area contributed by atoms with Gasteiger partial charge in [-0.05, 0) is 41.8 Å². The van der Waals surface area contributed by atoms with Crippen molar-refractivity contribution in [3.8, 4) is 10.4 Å². The number of benzene rings is 2. The lowest BCUT2D eigenvalue weighted by Gasteiger charge is -2.23. The van der Waals surface area contributed by atoms with Crippen molar-refractivity contribution in [3.63, 3.8) is 0 Å². The van der Waals surface area contributed by atoms with Gasteiger partial charge in [0.1, 0.15) is 9.75 Å². The van der Waals surface area contributed by atoms with Crippen LogP contribution in [0.3, 0.4) is 0 Å². The smallest absolute Gasteiger partial charge is 0.325 e. The van der Waals surface area contributed by atoms with Crippen molar-refractivity contribution in [3.05, 3.63) is 77.3 Å². The van der Waals surface area contributed by atoms with Crippen LogP contribution in [0.1, 0.15) is 12.0 Å². The predicted octanol–water partition coefficient (Wildman–Crippen LogP) is 3.47. The highest BCUT2D eigenvalue weighted by Gasteiger charge is 2.74. The summed E-state index contributed by atoms with van der Waals surface area (Å²) in [6, 6.07) is 19.1. The molecule has 0 amide bonds. The summed E-state index contributed by atoms with van der Waals surface area (Å²) in [5, 5.41) is 10.5. The van der Waals surface area contributed by atoms with E-state index in [9.17, 15) is 18.3 Å². The lowest BCUT2D eigenvalue weighted by atomic mass is 9.91. The maximum Gasteiger partial charge on any atom is 0.325 e. The van der Waals surface area contributed by atoms with Gasteiger partial charge < -0.3 is 10.8 Å². The molecule has 1 fully saturated rings. The highest BCUT2D eigenvalue weighted by atomic mass is 35.5. The van der Waals surface area contributed by atoms with Crippen molar-refractivity contribution < 1.29 is 18.3 Å². The van der Waals surface area contributed by atoms with Crippen molar-refractivity contribution in [1.82, 2.24) is 4.72 Å². The molecule has 0 unspecified atom stereocenters. The number of thiophene rings is 1. The Hall–Kier alpha value is -2.23. The quantitative estimate of drug-likeness (QED) is 0.498. The van der Waals surface area contributed by atoms with Crippen LogP contribution < -0.4 is 10.5 Å². The zero-order valence-corrected chi connectivity index (χ0v) is 18.1. The van der Waals surface area contributed by atoms with Gasteiger partial charge in [0, 0.05) is 21.9 Å². The maximum atomic E-state index is 13.1. The van der Waals surface area contributed by atoms with Gasteiger partial charge in [-0.25, -0.2) is 8.42 Å². The van der Waals surface area contributed by atoms with Crippen LogP contribution in [-0.2, 0) is 20.2 Å². The molecule has 0 bridgehead atoms. The summed E-state index contributed by atoms with van der Waals surface area (Å²) in [5.41, 5.74) is 4.80. The van der Waals surface area contributed by atoms with Crippen molar-refractivity contribution in [1.29, 1.82) is 0 Å². The molecular weight excluding hydrogens is 444 g/mol. The van der Waals surface area contributed by atoms with Crippen molar-refractivity contribution in [2.75, 3.05) is 6.54 Å². The number of carboxylic acids is 1. The number of sulfonamides is 1. The van der Waals surface area contributed by atoms with Crippen LogP contribution in [0, 0.1) is 0 Å². The summed E-state index contributed by atoms with van der Waals surface area (Å²) in [6.07, 6.45) is 0.0878. The second-order valence-electron chi connectivity index (χ2n) is 7.27. The third kappa shape index (κ3) is 3.34. The summed E-state index contributed by atoms with van der Waals surface area (Å²) in [4.78, 5) is 12.9. The van der Waals surface area contributed by atoms with E-state index in [2.05, 4.69) is 4.72 Å². The van der Waals surface area contributed by atoms with Crippen LogP contribution in [0.15, 0.2) is 70.9 Å². The topological polar surface area (TPSA) is 109 Å². The normalized spacial score (nSPS) is 23.3. The summed E-state index contributed by atoms with van der Waals surface area (Å²) < 4.78 is 28.7. The number of nitrogens with one attached hydrogen (secondary N) is 1. The van der Waals surface area contributed by atoms with Crippen molar-refractivity contribution in [2.45, 2.75) is 21.6 Å². The molecule has 156 valence electrons. The minimum absolute atomic E-state index is 0.00625. The number of aliphatic carboxylic acids is 1. The largest absolute Gasteiger partial charge is 0.480 e. The number of nitrogens with two attached hydrogens (primary N) is 1. The summed E-state index contributed by atoms with van der Waals surface area (Å²) in [7, 11) is -4.08. The molecule has 0 aliphatic heterocycles. The molecule has 1 saturated carbocycles. The Labute approximate surface area is 183 Å². The third-order valence-corrected chi connectivity index (χ3v) is 8.95. The Morgan fingerprint density at radius 2 is 1.77 bits per heavy atom. The minimum Gasteiger partial charge on any atom is -0.480 e. The second-order valence-corrected chi connectivity index (χ2v) is 10.7. The molecule has 6 nitrogen and oxygen atoms in total. The standard InChI is InChI=1S/C21H19ClN2O4S2/c22-16-8-6-14(7-9-16)17-10-11-18(29-17)30(27,28)24-21(19(25)26)12-20(21,13-23)15-4-2-1-3-5-15/h1-11,24H,12-13,23H2,(H,25,26)/t20-,21+/m1/s1. The highest BCUT2D eigenvalue weighted by molar-refractivity contribution is 7.91. The molecule has 1 aromatic heterocycles. The lowest BCUT2D eigenvalue weighted by Crippen LogP contribution is -2.50. The van der Waals surface area contributed by atoms with Gasteiger partial charge in [-0.1, -0.05) is 54.1 Å². The van der Waals surface area contributed by atoms with Gasteiger partial charge in [0.25, 0.3) is 10.0 Å². The van der Waals surface area contributed by atoms with Crippen LogP contribution in [0.2, 0.25) is 5.02 Å². The van der Waals surface area contributed by atoms with E-state index in [4.69, 9.17) is 17.3 Å². The predicted molar refractivity (Wildman–Crippen MR) is 117 cm³/mol. The van der Waals surface area contributed by atoms with E-state index in [0.717, 1.165) is 21.8 Å². The SMILES string of the molecule is NC[C@@]1(c2ccccc2)C[C@]1(NS(=O)(=O)c1ccc(-c2ccc(Cl)cc2)s1)C(=O)O. The first kappa shape index (κ1) is 21.0. The monoisotopic (exact) mass is 462 g/mol.